The number of nitrogens with zero attached hydrogens (tertiary/aromatic N) is 4. The van der Waals surface area contributed by atoms with Gasteiger partial charge in [-0.15, -0.1) is 0 Å². The summed E-state index contributed by atoms with van der Waals surface area (Å²) in [7, 11) is 0. The molecule has 40 heavy (non-hydrogen) atoms. The lowest BCUT2D eigenvalue weighted by atomic mass is 9.94. The molecule has 4 nitrogen and oxygen atoms in total. The average Bonchev–Trinajstić information content (AvgIpc) is 3.05. The summed E-state index contributed by atoms with van der Waals surface area (Å²) < 4.78 is 0. The molecule has 4 heteroatoms. The monoisotopic (exact) mass is 512 g/mol. The van der Waals surface area contributed by atoms with E-state index in [4.69, 9.17) is 15.0 Å². The van der Waals surface area contributed by atoms with Gasteiger partial charge in [0.2, 0.25) is 0 Å². The molecule has 0 bridgehead atoms. The predicted molar refractivity (Wildman–Crippen MR) is 162 cm³/mol. The Balaban J connectivity index is 1.48. The lowest BCUT2D eigenvalue weighted by molar-refractivity contribution is 1.07. The Kier molecular flexibility index (Phi) is 6.11. The number of rotatable bonds is 5. The third-order valence-corrected chi connectivity index (χ3v) is 6.95. The molecule has 7 aromatic rings. The Morgan fingerprint density at radius 2 is 0.925 bits per heavy atom. The summed E-state index contributed by atoms with van der Waals surface area (Å²) in [5, 5.41) is 2.39. The normalized spacial score (nSPS) is 11.0. The molecule has 5 aromatic carbocycles. The molecule has 2 heterocycles. The van der Waals surface area contributed by atoms with Gasteiger partial charge in [0.1, 0.15) is 0 Å². The van der Waals surface area contributed by atoms with E-state index in [1.165, 1.54) is 10.8 Å². The maximum atomic E-state index is 4.99. The number of hydrogen-bond donors (Lipinski definition) is 0. The van der Waals surface area contributed by atoms with E-state index in [-0.39, 0.29) is 0 Å². The van der Waals surface area contributed by atoms with Crippen molar-refractivity contribution >= 4 is 10.8 Å². The van der Waals surface area contributed by atoms with Gasteiger partial charge in [-0.1, -0.05) is 109 Å². The van der Waals surface area contributed by atoms with Crippen LogP contribution < -0.4 is 0 Å². The molecule has 0 aliphatic rings. The molecule has 0 atom stereocenters. The molecule has 0 aliphatic heterocycles. The number of aromatic nitrogens is 4. The molecule has 0 radical (unpaired) electrons. The third-order valence-electron chi connectivity index (χ3n) is 6.95. The van der Waals surface area contributed by atoms with E-state index in [0.29, 0.717) is 17.5 Å². The number of hydrogen-bond acceptors (Lipinski definition) is 4. The van der Waals surface area contributed by atoms with Gasteiger partial charge in [0, 0.05) is 28.5 Å². The molecule has 0 saturated carbocycles. The minimum atomic E-state index is 0.618. The zero-order chi connectivity index (χ0) is 26.7. The van der Waals surface area contributed by atoms with Crippen molar-refractivity contribution < 1.29 is 0 Å². The Morgan fingerprint density at radius 1 is 0.375 bits per heavy atom. The molecule has 0 N–H and O–H groups in total. The van der Waals surface area contributed by atoms with Gasteiger partial charge >= 0.3 is 0 Å². The van der Waals surface area contributed by atoms with Gasteiger partial charge < -0.3 is 0 Å². The molecular formula is C36H24N4. The van der Waals surface area contributed by atoms with Crippen LogP contribution in [-0.2, 0) is 0 Å². The van der Waals surface area contributed by atoms with Crippen LogP contribution in [0.2, 0.25) is 0 Å². The standard InChI is InChI=1S/C36H24N4/c1-3-13-26(14-4-1)34-38-35(27-15-5-2-6-16-27)40-36(39-34)30-23-28(22-29(24-30)33-20-9-10-21-37-33)32-19-11-17-25-12-7-8-18-31(25)32/h1-24H. The van der Waals surface area contributed by atoms with Gasteiger partial charge in [-0.05, 0) is 52.2 Å². The van der Waals surface area contributed by atoms with E-state index >= 15 is 0 Å². The van der Waals surface area contributed by atoms with Crippen LogP contribution in [0.1, 0.15) is 0 Å². The molecule has 2 aromatic heterocycles. The molecule has 7 rings (SSSR count). The first-order valence-corrected chi connectivity index (χ1v) is 13.2. The average molecular weight is 513 g/mol. The fraction of sp³-hybridized carbons (Fsp3) is 0. The van der Waals surface area contributed by atoms with Crippen molar-refractivity contribution in [2.75, 3.05) is 0 Å². The molecule has 188 valence electrons. The van der Waals surface area contributed by atoms with E-state index in [0.717, 1.165) is 39.1 Å². The predicted octanol–water partition coefficient (Wildman–Crippen LogP) is 8.75. The van der Waals surface area contributed by atoms with Crippen molar-refractivity contribution in [1.82, 2.24) is 19.9 Å². The fourth-order valence-electron chi connectivity index (χ4n) is 5.01. The van der Waals surface area contributed by atoms with Gasteiger partial charge in [0.25, 0.3) is 0 Å². The first-order valence-electron chi connectivity index (χ1n) is 13.2. The topological polar surface area (TPSA) is 51.6 Å². The van der Waals surface area contributed by atoms with Crippen molar-refractivity contribution in [2.45, 2.75) is 0 Å². The van der Waals surface area contributed by atoms with E-state index in [1.54, 1.807) is 0 Å². The van der Waals surface area contributed by atoms with Crippen LogP contribution in [0.5, 0.6) is 0 Å². The molecule has 0 saturated heterocycles. The van der Waals surface area contributed by atoms with Gasteiger partial charge in [0.05, 0.1) is 5.69 Å². The molecule has 0 unspecified atom stereocenters. The van der Waals surface area contributed by atoms with Crippen LogP contribution in [-0.4, -0.2) is 19.9 Å². The van der Waals surface area contributed by atoms with Crippen LogP contribution in [0.4, 0.5) is 0 Å². The summed E-state index contributed by atoms with van der Waals surface area (Å²) in [6, 6.07) is 47.5. The quantitative estimate of drug-likeness (QED) is 0.231. The fourth-order valence-corrected chi connectivity index (χ4v) is 5.01. The highest BCUT2D eigenvalue weighted by molar-refractivity contribution is 5.98. The minimum Gasteiger partial charge on any atom is -0.256 e. The van der Waals surface area contributed by atoms with Crippen molar-refractivity contribution in [2.24, 2.45) is 0 Å². The van der Waals surface area contributed by atoms with E-state index in [9.17, 15) is 0 Å². The lowest BCUT2D eigenvalue weighted by Crippen LogP contribution is -2.00. The Hall–Kier alpha value is -5.48. The van der Waals surface area contributed by atoms with Crippen molar-refractivity contribution in [3.8, 4) is 56.5 Å². The Bertz CT molecular complexity index is 1870. The minimum absolute atomic E-state index is 0.618. The third kappa shape index (κ3) is 4.63. The highest BCUT2D eigenvalue weighted by Crippen LogP contribution is 2.35. The number of pyridine rings is 1. The summed E-state index contributed by atoms with van der Waals surface area (Å²) in [4.78, 5) is 19.5. The second kappa shape index (κ2) is 10.4. The Labute approximate surface area is 232 Å². The molecule has 0 fully saturated rings. The van der Waals surface area contributed by atoms with Crippen LogP contribution in [0.15, 0.2) is 146 Å². The smallest absolute Gasteiger partial charge is 0.164 e. The van der Waals surface area contributed by atoms with Gasteiger partial charge in [-0.25, -0.2) is 15.0 Å². The highest BCUT2D eigenvalue weighted by atomic mass is 15.0. The first kappa shape index (κ1) is 23.6. The summed E-state index contributed by atoms with van der Waals surface area (Å²) >= 11 is 0. The lowest BCUT2D eigenvalue weighted by Gasteiger charge is -2.13. The van der Waals surface area contributed by atoms with Crippen LogP contribution in [0.25, 0.3) is 67.3 Å². The van der Waals surface area contributed by atoms with Crippen LogP contribution in [0.3, 0.4) is 0 Å². The summed E-state index contributed by atoms with van der Waals surface area (Å²) in [5.74, 6) is 1.89. The summed E-state index contributed by atoms with van der Waals surface area (Å²) in [6.07, 6.45) is 1.82. The Morgan fingerprint density at radius 3 is 1.60 bits per heavy atom. The second-order valence-corrected chi connectivity index (χ2v) is 9.58. The second-order valence-electron chi connectivity index (χ2n) is 9.58. The number of fused-ring (bicyclic) bond motifs is 1. The maximum absolute atomic E-state index is 4.99. The van der Waals surface area contributed by atoms with E-state index in [1.807, 2.05) is 85.1 Å². The SMILES string of the molecule is c1ccc(-c2nc(-c3ccccc3)nc(-c3cc(-c4ccccn4)cc(-c4cccc5ccccc45)c3)n2)cc1. The van der Waals surface area contributed by atoms with Gasteiger partial charge in [0.15, 0.2) is 17.5 Å². The largest absolute Gasteiger partial charge is 0.256 e. The molecular weight excluding hydrogens is 488 g/mol. The van der Waals surface area contributed by atoms with Gasteiger partial charge in [-0.3, -0.25) is 4.98 Å². The van der Waals surface area contributed by atoms with Crippen LogP contribution >= 0.6 is 0 Å². The van der Waals surface area contributed by atoms with E-state index in [2.05, 4.69) is 65.6 Å². The van der Waals surface area contributed by atoms with Crippen molar-refractivity contribution in [3.63, 3.8) is 0 Å². The first-order chi connectivity index (χ1) is 19.8. The molecule has 0 aliphatic carbocycles. The highest BCUT2D eigenvalue weighted by Gasteiger charge is 2.15. The molecule has 0 spiro atoms. The van der Waals surface area contributed by atoms with Crippen molar-refractivity contribution in [1.29, 1.82) is 0 Å². The zero-order valence-corrected chi connectivity index (χ0v) is 21.6. The summed E-state index contributed by atoms with van der Waals surface area (Å²) in [5.41, 5.74) is 6.92. The van der Waals surface area contributed by atoms with Gasteiger partial charge in [-0.2, -0.15) is 0 Å². The molecule has 0 amide bonds. The maximum Gasteiger partial charge on any atom is 0.164 e. The van der Waals surface area contributed by atoms with Crippen LogP contribution in [0, 0.1) is 0 Å². The van der Waals surface area contributed by atoms with E-state index < -0.39 is 0 Å². The summed E-state index contributed by atoms with van der Waals surface area (Å²) in [6.45, 7) is 0. The number of benzene rings is 5. The van der Waals surface area contributed by atoms with Crippen molar-refractivity contribution in [3.05, 3.63) is 146 Å². The zero-order valence-electron chi connectivity index (χ0n) is 21.6.